The minimum absolute atomic E-state index is 0.281. The predicted molar refractivity (Wildman–Crippen MR) is 108 cm³/mol. The van der Waals surface area contributed by atoms with Crippen LogP contribution in [0.3, 0.4) is 0 Å². The first kappa shape index (κ1) is 18.6. The molecule has 2 amide bonds. The van der Waals surface area contributed by atoms with E-state index in [0.717, 1.165) is 18.5 Å². The molecule has 3 heterocycles. The zero-order valence-electron chi connectivity index (χ0n) is 16.3. The lowest BCUT2D eigenvalue weighted by molar-refractivity contribution is 0.0849. The van der Waals surface area contributed by atoms with Crippen molar-refractivity contribution in [1.29, 1.82) is 0 Å². The Kier molecular flexibility index (Phi) is 4.89. The fourth-order valence-electron chi connectivity index (χ4n) is 3.77. The van der Waals surface area contributed by atoms with Crippen LogP contribution >= 0.6 is 11.3 Å². The molecule has 28 heavy (non-hydrogen) atoms. The van der Waals surface area contributed by atoms with Gasteiger partial charge in [-0.05, 0) is 57.2 Å². The van der Waals surface area contributed by atoms with Gasteiger partial charge < -0.3 is 0 Å². The van der Waals surface area contributed by atoms with E-state index < -0.39 is 0 Å². The first-order valence-corrected chi connectivity index (χ1v) is 10.3. The number of hydrogen-bond donors (Lipinski definition) is 2. The third-order valence-corrected chi connectivity index (χ3v) is 6.34. The molecule has 0 fully saturated rings. The first-order chi connectivity index (χ1) is 13.4. The van der Waals surface area contributed by atoms with Crippen LogP contribution in [0.2, 0.25) is 0 Å². The number of hydrogen-bond acceptors (Lipinski definition) is 5. The third-order valence-electron chi connectivity index (χ3n) is 5.10. The van der Waals surface area contributed by atoms with Crippen molar-refractivity contribution in [2.75, 3.05) is 0 Å². The van der Waals surface area contributed by atoms with Crippen molar-refractivity contribution < 1.29 is 9.59 Å². The van der Waals surface area contributed by atoms with Gasteiger partial charge in [-0.25, -0.2) is 4.98 Å². The van der Waals surface area contributed by atoms with Gasteiger partial charge in [-0.1, -0.05) is 6.42 Å². The summed E-state index contributed by atoms with van der Waals surface area (Å²) in [5.74, 6) is -0.658. The maximum Gasteiger partial charge on any atom is 0.279 e. The number of aromatic nitrogens is 3. The molecule has 0 aliphatic heterocycles. The maximum absolute atomic E-state index is 12.8. The summed E-state index contributed by atoms with van der Waals surface area (Å²) < 4.78 is 1.66. The Morgan fingerprint density at radius 3 is 2.64 bits per heavy atom. The number of rotatable bonds is 2. The molecule has 0 saturated carbocycles. The largest absolute Gasteiger partial charge is 0.279 e. The zero-order chi connectivity index (χ0) is 19.8. The number of carbonyl (C=O) groups is 2. The van der Waals surface area contributed by atoms with E-state index in [0.29, 0.717) is 27.2 Å². The van der Waals surface area contributed by atoms with Gasteiger partial charge in [-0.3, -0.25) is 25.1 Å². The lowest BCUT2D eigenvalue weighted by atomic mass is 10.1. The summed E-state index contributed by atoms with van der Waals surface area (Å²) in [4.78, 5) is 31.7. The number of aryl methyl sites for hydroxylation is 5. The molecule has 0 saturated heterocycles. The van der Waals surface area contributed by atoms with Crippen molar-refractivity contribution in [2.45, 2.75) is 46.0 Å². The Bertz CT molecular complexity index is 1060. The second-order valence-electron chi connectivity index (χ2n) is 7.25. The van der Waals surface area contributed by atoms with E-state index in [1.807, 2.05) is 19.9 Å². The number of amides is 2. The number of hydrazine groups is 1. The Hall–Kier alpha value is -2.74. The van der Waals surface area contributed by atoms with E-state index in [2.05, 4.69) is 20.9 Å². The molecule has 0 atom stereocenters. The van der Waals surface area contributed by atoms with Gasteiger partial charge in [-0.2, -0.15) is 5.10 Å². The number of nitrogens with one attached hydrogen (secondary N) is 2. The summed E-state index contributed by atoms with van der Waals surface area (Å²) in [6.07, 6.45) is 5.65. The summed E-state index contributed by atoms with van der Waals surface area (Å²) >= 11 is 1.53. The summed E-state index contributed by atoms with van der Waals surface area (Å²) in [6.45, 7) is 3.67. The van der Waals surface area contributed by atoms with Crippen molar-refractivity contribution in [3.05, 3.63) is 44.4 Å². The normalized spacial score (nSPS) is 13.8. The molecule has 2 N–H and O–H groups in total. The number of carbonyl (C=O) groups excluding carboxylic acids is 2. The lowest BCUT2D eigenvalue weighted by Gasteiger charge is -2.08. The molecule has 8 heteroatoms. The van der Waals surface area contributed by atoms with Crippen molar-refractivity contribution in [3.8, 4) is 0 Å². The predicted octanol–water partition coefficient (Wildman–Crippen LogP) is 2.99. The van der Waals surface area contributed by atoms with Gasteiger partial charge in [0.2, 0.25) is 0 Å². The molecule has 0 unspecified atom stereocenters. The van der Waals surface area contributed by atoms with Gasteiger partial charge in [0.05, 0.1) is 21.5 Å². The molecule has 3 aromatic rings. The Balaban J connectivity index is 1.52. The molecule has 0 radical (unpaired) electrons. The quantitative estimate of drug-likeness (QED) is 0.514. The number of fused-ring (bicyclic) bond motifs is 2. The fourth-order valence-corrected chi connectivity index (χ4v) is 4.92. The summed E-state index contributed by atoms with van der Waals surface area (Å²) in [5.41, 5.74) is 8.93. The third kappa shape index (κ3) is 3.40. The van der Waals surface area contributed by atoms with Crippen LogP contribution in [0.15, 0.2) is 12.1 Å². The van der Waals surface area contributed by atoms with E-state index in [-0.39, 0.29) is 11.8 Å². The van der Waals surface area contributed by atoms with Crippen molar-refractivity contribution in [2.24, 2.45) is 7.05 Å². The van der Waals surface area contributed by atoms with E-state index >= 15 is 0 Å². The van der Waals surface area contributed by atoms with Crippen molar-refractivity contribution in [3.63, 3.8) is 0 Å². The zero-order valence-corrected chi connectivity index (χ0v) is 17.1. The second kappa shape index (κ2) is 7.35. The Morgan fingerprint density at radius 1 is 1.07 bits per heavy atom. The van der Waals surface area contributed by atoms with Crippen LogP contribution in [0.5, 0.6) is 0 Å². The summed E-state index contributed by atoms with van der Waals surface area (Å²) in [5, 5.41) is 5.05. The van der Waals surface area contributed by atoms with Crippen LogP contribution in [-0.4, -0.2) is 26.6 Å². The Labute approximate surface area is 167 Å². The molecule has 0 bridgehead atoms. The van der Waals surface area contributed by atoms with E-state index in [1.165, 1.54) is 41.0 Å². The van der Waals surface area contributed by atoms with E-state index in [1.54, 1.807) is 17.8 Å². The van der Waals surface area contributed by atoms with Gasteiger partial charge in [-0.15, -0.1) is 11.3 Å². The topological polar surface area (TPSA) is 88.9 Å². The molecular weight excluding hydrogens is 374 g/mol. The van der Waals surface area contributed by atoms with Crippen LogP contribution in [0.4, 0.5) is 0 Å². The standard InChI is InChI=1S/C20H23N5O2S/c1-11-9-14(17-12(2)24-25(3)18(17)21-11)19(26)22-23-20(27)16-10-13-7-5-4-6-8-15(13)28-16/h9-10H,4-8H2,1-3H3,(H,22,26)(H,23,27). The Morgan fingerprint density at radius 2 is 1.82 bits per heavy atom. The molecule has 0 spiro atoms. The second-order valence-corrected chi connectivity index (χ2v) is 8.38. The highest BCUT2D eigenvalue weighted by Gasteiger charge is 2.20. The lowest BCUT2D eigenvalue weighted by Crippen LogP contribution is -2.41. The summed E-state index contributed by atoms with van der Waals surface area (Å²) in [7, 11) is 1.80. The average Bonchev–Trinajstić information content (AvgIpc) is 3.11. The van der Waals surface area contributed by atoms with Gasteiger partial charge in [0, 0.05) is 17.6 Å². The van der Waals surface area contributed by atoms with Crippen LogP contribution < -0.4 is 10.9 Å². The fraction of sp³-hybridized carbons (Fsp3) is 0.400. The van der Waals surface area contributed by atoms with Crippen LogP contribution in [0, 0.1) is 13.8 Å². The van der Waals surface area contributed by atoms with Crippen LogP contribution in [-0.2, 0) is 19.9 Å². The molecule has 1 aliphatic rings. The summed E-state index contributed by atoms with van der Waals surface area (Å²) in [6, 6.07) is 3.68. The molecule has 146 valence electrons. The highest BCUT2D eigenvalue weighted by Crippen LogP contribution is 2.29. The molecule has 1 aliphatic carbocycles. The van der Waals surface area contributed by atoms with E-state index in [9.17, 15) is 9.59 Å². The smallest absolute Gasteiger partial charge is 0.267 e. The molecular formula is C20H23N5O2S. The highest BCUT2D eigenvalue weighted by molar-refractivity contribution is 7.14. The minimum atomic E-state index is -0.377. The molecule has 3 aromatic heterocycles. The highest BCUT2D eigenvalue weighted by atomic mass is 32.1. The molecule has 7 nitrogen and oxygen atoms in total. The maximum atomic E-state index is 12.8. The molecule has 4 rings (SSSR count). The number of pyridine rings is 1. The van der Waals surface area contributed by atoms with Gasteiger partial charge in [0.25, 0.3) is 11.8 Å². The van der Waals surface area contributed by atoms with Gasteiger partial charge in [0.15, 0.2) is 5.65 Å². The minimum Gasteiger partial charge on any atom is -0.267 e. The first-order valence-electron chi connectivity index (χ1n) is 9.47. The van der Waals surface area contributed by atoms with Crippen LogP contribution in [0.25, 0.3) is 11.0 Å². The molecule has 0 aromatic carbocycles. The van der Waals surface area contributed by atoms with Gasteiger partial charge >= 0.3 is 0 Å². The van der Waals surface area contributed by atoms with Gasteiger partial charge in [0.1, 0.15) is 0 Å². The van der Waals surface area contributed by atoms with Crippen molar-refractivity contribution in [1.82, 2.24) is 25.6 Å². The SMILES string of the molecule is Cc1cc(C(=O)NNC(=O)c2cc3c(s2)CCCCC3)c2c(C)nn(C)c2n1. The van der Waals surface area contributed by atoms with E-state index in [4.69, 9.17) is 0 Å². The van der Waals surface area contributed by atoms with Crippen molar-refractivity contribution >= 4 is 34.2 Å². The number of thiophene rings is 1. The van der Waals surface area contributed by atoms with Crippen LogP contribution in [0.1, 0.15) is 61.1 Å². The number of nitrogens with zero attached hydrogens (tertiary/aromatic N) is 3. The monoisotopic (exact) mass is 397 g/mol. The average molecular weight is 398 g/mol.